The van der Waals surface area contributed by atoms with Crippen molar-refractivity contribution in [2.45, 2.75) is 19.9 Å². The lowest BCUT2D eigenvalue weighted by atomic mass is 10.0. The van der Waals surface area contributed by atoms with Crippen LogP contribution in [0.5, 0.6) is 5.75 Å². The van der Waals surface area contributed by atoms with E-state index in [4.69, 9.17) is 16.3 Å². The molecular formula is C23H19BrClN3O3S. The normalized spacial score (nSPS) is 11.0. The molecule has 0 aliphatic heterocycles. The van der Waals surface area contributed by atoms with Crippen molar-refractivity contribution in [3.63, 3.8) is 0 Å². The van der Waals surface area contributed by atoms with Crippen LogP contribution in [0.1, 0.15) is 11.8 Å². The van der Waals surface area contributed by atoms with E-state index in [1.807, 2.05) is 24.3 Å². The molecule has 0 spiro atoms. The van der Waals surface area contributed by atoms with Crippen molar-refractivity contribution in [2.24, 2.45) is 0 Å². The number of rotatable bonds is 6. The molecule has 0 saturated heterocycles. The van der Waals surface area contributed by atoms with E-state index < -0.39 is 0 Å². The van der Waals surface area contributed by atoms with Crippen LogP contribution in [-0.4, -0.2) is 22.6 Å². The largest absolute Gasteiger partial charge is 0.495 e. The van der Waals surface area contributed by atoms with E-state index in [0.29, 0.717) is 26.7 Å². The highest BCUT2D eigenvalue weighted by molar-refractivity contribution is 9.10. The standard InChI is InChI=1S/C23H19BrClN3O3S/c1-3-18-20(13-4-6-14(24)7-5-13)21-22(32-18)26-12-28(23(21)30)11-19(29)27-15-8-9-17(31-2)16(25)10-15/h4-10,12H,3,11H2,1-2H3,(H,27,29). The number of aromatic nitrogens is 2. The van der Waals surface area contributed by atoms with E-state index >= 15 is 0 Å². The van der Waals surface area contributed by atoms with Gasteiger partial charge in [-0.15, -0.1) is 11.3 Å². The highest BCUT2D eigenvalue weighted by Crippen LogP contribution is 2.36. The Morgan fingerprint density at radius 3 is 2.66 bits per heavy atom. The zero-order chi connectivity index (χ0) is 22.8. The molecule has 0 unspecified atom stereocenters. The number of amides is 1. The minimum absolute atomic E-state index is 0.164. The number of anilines is 1. The molecule has 0 atom stereocenters. The third kappa shape index (κ3) is 4.44. The topological polar surface area (TPSA) is 73.2 Å². The van der Waals surface area contributed by atoms with Crippen molar-refractivity contribution >= 4 is 60.7 Å². The third-order valence-electron chi connectivity index (χ3n) is 4.96. The van der Waals surface area contributed by atoms with Crippen LogP contribution in [-0.2, 0) is 17.8 Å². The Morgan fingerprint density at radius 2 is 2.00 bits per heavy atom. The quantitative estimate of drug-likeness (QED) is 0.343. The molecule has 0 aliphatic rings. The molecule has 32 heavy (non-hydrogen) atoms. The zero-order valence-corrected chi connectivity index (χ0v) is 20.5. The van der Waals surface area contributed by atoms with Gasteiger partial charge in [0.15, 0.2) is 0 Å². The number of carbonyl (C=O) groups is 1. The molecule has 4 rings (SSSR count). The van der Waals surface area contributed by atoms with E-state index in [-0.39, 0.29) is 18.0 Å². The second kappa shape index (κ2) is 9.44. The van der Waals surface area contributed by atoms with Crippen LogP contribution in [0.25, 0.3) is 21.3 Å². The number of fused-ring (bicyclic) bond motifs is 1. The van der Waals surface area contributed by atoms with Crippen molar-refractivity contribution in [3.05, 3.63) is 73.5 Å². The first-order chi connectivity index (χ1) is 15.4. The molecular weight excluding hydrogens is 514 g/mol. The molecule has 2 heterocycles. The summed E-state index contributed by atoms with van der Waals surface area (Å²) in [6, 6.07) is 12.8. The summed E-state index contributed by atoms with van der Waals surface area (Å²) < 4.78 is 7.42. The molecule has 2 aromatic heterocycles. The number of hydrogen-bond donors (Lipinski definition) is 1. The highest BCUT2D eigenvalue weighted by Gasteiger charge is 2.19. The highest BCUT2D eigenvalue weighted by atomic mass is 79.9. The second-order valence-electron chi connectivity index (χ2n) is 7.02. The van der Waals surface area contributed by atoms with Gasteiger partial charge in [0, 0.05) is 20.6 Å². The van der Waals surface area contributed by atoms with Crippen LogP contribution in [0, 0.1) is 0 Å². The molecule has 2 aromatic carbocycles. The van der Waals surface area contributed by atoms with Gasteiger partial charge in [-0.2, -0.15) is 0 Å². The maximum absolute atomic E-state index is 13.3. The van der Waals surface area contributed by atoms with Gasteiger partial charge < -0.3 is 10.1 Å². The zero-order valence-electron chi connectivity index (χ0n) is 17.3. The van der Waals surface area contributed by atoms with Crippen LogP contribution < -0.4 is 15.6 Å². The maximum Gasteiger partial charge on any atom is 0.263 e. The number of nitrogens with zero attached hydrogens (tertiary/aromatic N) is 2. The van der Waals surface area contributed by atoms with E-state index in [9.17, 15) is 9.59 Å². The molecule has 0 fully saturated rings. The van der Waals surface area contributed by atoms with Crippen molar-refractivity contribution < 1.29 is 9.53 Å². The first kappa shape index (κ1) is 22.5. The Bertz CT molecular complexity index is 1370. The van der Waals surface area contributed by atoms with Crippen molar-refractivity contribution in [1.29, 1.82) is 0 Å². The number of hydrogen-bond acceptors (Lipinski definition) is 5. The number of carbonyl (C=O) groups excluding carboxylic acids is 1. The van der Waals surface area contributed by atoms with Gasteiger partial charge in [-0.1, -0.05) is 46.6 Å². The molecule has 1 amide bonds. The summed E-state index contributed by atoms with van der Waals surface area (Å²) in [7, 11) is 1.52. The Morgan fingerprint density at radius 1 is 1.25 bits per heavy atom. The molecule has 0 aliphatic carbocycles. The number of benzene rings is 2. The molecule has 164 valence electrons. The van der Waals surface area contributed by atoms with Crippen LogP contribution >= 0.6 is 38.9 Å². The van der Waals surface area contributed by atoms with Crippen LogP contribution in [0.4, 0.5) is 5.69 Å². The first-order valence-corrected chi connectivity index (χ1v) is 11.8. The molecule has 0 saturated carbocycles. The van der Waals surface area contributed by atoms with Gasteiger partial charge in [0.2, 0.25) is 5.91 Å². The summed E-state index contributed by atoms with van der Waals surface area (Å²) in [5, 5.41) is 3.68. The van der Waals surface area contributed by atoms with E-state index in [1.54, 1.807) is 18.2 Å². The van der Waals surface area contributed by atoms with Gasteiger partial charge in [-0.25, -0.2) is 4.98 Å². The Balaban J connectivity index is 1.68. The average Bonchev–Trinajstić information content (AvgIpc) is 3.16. The summed E-state index contributed by atoms with van der Waals surface area (Å²) in [5.74, 6) is 0.158. The Hall–Kier alpha value is -2.68. The van der Waals surface area contributed by atoms with E-state index in [0.717, 1.165) is 26.9 Å². The lowest BCUT2D eigenvalue weighted by molar-refractivity contribution is -0.116. The Labute approximate surface area is 201 Å². The molecule has 0 bridgehead atoms. The number of ether oxygens (including phenoxy) is 1. The van der Waals surface area contributed by atoms with Gasteiger partial charge in [-0.05, 0) is 42.3 Å². The van der Waals surface area contributed by atoms with Crippen molar-refractivity contribution in [2.75, 3.05) is 12.4 Å². The minimum atomic E-state index is -0.356. The van der Waals surface area contributed by atoms with Crippen molar-refractivity contribution in [1.82, 2.24) is 9.55 Å². The molecule has 4 aromatic rings. The second-order valence-corrected chi connectivity index (χ2v) is 9.42. The van der Waals surface area contributed by atoms with E-state index in [1.165, 1.54) is 29.3 Å². The first-order valence-electron chi connectivity index (χ1n) is 9.81. The lowest BCUT2D eigenvalue weighted by Gasteiger charge is -2.10. The van der Waals surface area contributed by atoms with Crippen LogP contribution in [0.3, 0.4) is 0 Å². The summed E-state index contributed by atoms with van der Waals surface area (Å²) in [6.07, 6.45) is 2.21. The predicted octanol–water partition coefficient (Wildman–Crippen LogP) is 5.75. The van der Waals surface area contributed by atoms with Crippen molar-refractivity contribution in [3.8, 4) is 16.9 Å². The number of halogens is 2. The van der Waals surface area contributed by atoms with Gasteiger partial charge in [-0.3, -0.25) is 14.2 Å². The number of thiophene rings is 1. The third-order valence-corrected chi connectivity index (χ3v) is 7.02. The minimum Gasteiger partial charge on any atom is -0.495 e. The maximum atomic E-state index is 13.3. The smallest absolute Gasteiger partial charge is 0.263 e. The number of methoxy groups -OCH3 is 1. The monoisotopic (exact) mass is 531 g/mol. The number of nitrogens with one attached hydrogen (secondary N) is 1. The van der Waals surface area contributed by atoms with Crippen LogP contribution in [0.2, 0.25) is 5.02 Å². The average molecular weight is 533 g/mol. The summed E-state index contributed by atoms with van der Waals surface area (Å²) >= 11 is 11.1. The Kier molecular flexibility index (Phi) is 6.64. The molecule has 1 N–H and O–H groups in total. The van der Waals surface area contributed by atoms with Gasteiger partial charge in [0.1, 0.15) is 17.1 Å². The van der Waals surface area contributed by atoms with Gasteiger partial charge in [0.05, 0.1) is 23.8 Å². The summed E-state index contributed by atoms with van der Waals surface area (Å²) in [6.45, 7) is 1.89. The fourth-order valence-electron chi connectivity index (χ4n) is 3.46. The fourth-order valence-corrected chi connectivity index (χ4v) is 5.07. The fraction of sp³-hybridized carbons (Fsp3) is 0.174. The van der Waals surface area contributed by atoms with Gasteiger partial charge in [0.25, 0.3) is 5.56 Å². The van der Waals surface area contributed by atoms with E-state index in [2.05, 4.69) is 33.2 Å². The van der Waals surface area contributed by atoms with Crippen LogP contribution in [0.15, 0.2) is 58.1 Å². The predicted molar refractivity (Wildman–Crippen MR) is 133 cm³/mol. The summed E-state index contributed by atoms with van der Waals surface area (Å²) in [4.78, 5) is 32.2. The lowest BCUT2D eigenvalue weighted by Crippen LogP contribution is -2.27. The SMILES string of the molecule is CCc1sc2ncn(CC(=O)Nc3ccc(OC)c(Cl)c3)c(=O)c2c1-c1ccc(Br)cc1. The molecule has 6 nitrogen and oxygen atoms in total. The number of aryl methyl sites for hydroxylation is 1. The van der Waals surface area contributed by atoms with Gasteiger partial charge >= 0.3 is 0 Å². The molecule has 0 radical (unpaired) electrons. The summed E-state index contributed by atoms with van der Waals surface area (Å²) in [5.41, 5.74) is 2.11. The molecule has 9 heteroatoms.